The molecular formula is C8H16N4O. The van der Waals surface area contributed by atoms with Gasteiger partial charge >= 0.3 is 0 Å². The first-order chi connectivity index (χ1) is 6.36. The van der Waals surface area contributed by atoms with E-state index in [2.05, 4.69) is 15.4 Å². The summed E-state index contributed by atoms with van der Waals surface area (Å²) < 4.78 is 6.71. The predicted octanol–water partition coefficient (Wildman–Crippen LogP) is 0.0340. The van der Waals surface area contributed by atoms with Crippen molar-refractivity contribution >= 4 is 0 Å². The van der Waals surface area contributed by atoms with E-state index in [9.17, 15) is 0 Å². The second-order valence-electron chi connectivity index (χ2n) is 2.69. The first-order valence-corrected chi connectivity index (χ1v) is 4.44. The third-order valence-electron chi connectivity index (χ3n) is 1.67. The Morgan fingerprint density at radius 1 is 1.62 bits per heavy atom. The molecule has 0 saturated heterocycles. The molecule has 0 bridgehead atoms. The molecule has 0 aliphatic rings. The highest BCUT2D eigenvalue weighted by molar-refractivity contribution is 4.80. The topological polar surface area (TPSA) is 52.0 Å². The second kappa shape index (κ2) is 5.66. The largest absolute Gasteiger partial charge is 0.383 e. The molecule has 1 rings (SSSR count). The molecule has 13 heavy (non-hydrogen) atoms. The van der Waals surface area contributed by atoms with Crippen LogP contribution in [-0.2, 0) is 17.8 Å². The van der Waals surface area contributed by atoms with Crippen LogP contribution in [0.2, 0.25) is 0 Å². The standard InChI is InChI=1S/C8H16N4O/c1-3-12-7-10-8(11-12)6-9-4-5-13-2/h7,9H,3-6H2,1-2H3. The Bertz CT molecular complexity index is 236. The first-order valence-electron chi connectivity index (χ1n) is 4.44. The Balaban J connectivity index is 2.20. The minimum Gasteiger partial charge on any atom is -0.383 e. The lowest BCUT2D eigenvalue weighted by molar-refractivity contribution is 0.199. The van der Waals surface area contributed by atoms with Crippen molar-refractivity contribution in [3.8, 4) is 0 Å². The summed E-state index contributed by atoms with van der Waals surface area (Å²) in [5.74, 6) is 0.831. The van der Waals surface area contributed by atoms with Gasteiger partial charge in [-0.05, 0) is 6.92 Å². The van der Waals surface area contributed by atoms with E-state index in [-0.39, 0.29) is 0 Å². The number of hydrogen-bond donors (Lipinski definition) is 1. The van der Waals surface area contributed by atoms with E-state index in [1.54, 1.807) is 13.4 Å². The van der Waals surface area contributed by atoms with Gasteiger partial charge in [0.15, 0.2) is 5.82 Å². The molecule has 0 unspecified atom stereocenters. The molecule has 1 aromatic rings. The molecule has 0 aromatic carbocycles. The van der Waals surface area contributed by atoms with E-state index in [0.29, 0.717) is 13.2 Å². The number of ether oxygens (including phenoxy) is 1. The maximum atomic E-state index is 4.90. The highest BCUT2D eigenvalue weighted by Gasteiger charge is 1.97. The van der Waals surface area contributed by atoms with Crippen LogP contribution in [0.15, 0.2) is 6.33 Å². The average molecular weight is 184 g/mol. The van der Waals surface area contributed by atoms with Gasteiger partial charge in [0.25, 0.3) is 0 Å². The number of aromatic nitrogens is 3. The summed E-state index contributed by atoms with van der Waals surface area (Å²) in [6.07, 6.45) is 1.74. The summed E-state index contributed by atoms with van der Waals surface area (Å²) in [7, 11) is 1.69. The molecule has 0 atom stereocenters. The summed E-state index contributed by atoms with van der Waals surface area (Å²) in [6, 6.07) is 0. The van der Waals surface area contributed by atoms with Crippen LogP contribution in [0.1, 0.15) is 12.7 Å². The van der Waals surface area contributed by atoms with Gasteiger partial charge in [-0.2, -0.15) is 5.10 Å². The smallest absolute Gasteiger partial charge is 0.164 e. The Kier molecular flexibility index (Phi) is 4.42. The van der Waals surface area contributed by atoms with E-state index in [4.69, 9.17) is 4.74 Å². The Morgan fingerprint density at radius 2 is 2.46 bits per heavy atom. The number of rotatable bonds is 6. The lowest BCUT2D eigenvalue weighted by Crippen LogP contribution is -2.19. The van der Waals surface area contributed by atoms with Crippen LogP contribution in [0.25, 0.3) is 0 Å². The van der Waals surface area contributed by atoms with Gasteiger partial charge in [-0.1, -0.05) is 0 Å². The van der Waals surface area contributed by atoms with Gasteiger partial charge in [0, 0.05) is 20.2 Å². The summed E-state index contributed by atoms with van der Waals surface area (Å²) in [4.78, 5) is 4.13. The quantitative estimate of drug-likeness (QED) is 0.634. The van der Waals surface area contributed by atoms with Crippen LogP contribution in [-0.4, -0.2) is 35.0 Å². The molecule has 0 amide bonds. The fourth-order valence-corrected chi connectivity index (χ4v) is 0.941. The normalized spacial score (nSPS) is 10.6. The Labute approximate surface area is 78.1 Å². The van der Waals surface area contributed by atoms with Gasteiger partial charge in [-0.15, -0.1) is 0 Å². The summed E-state index contributed by atoms with van der Waals surface area (Å²) >= 11 is 0. The zero-order valence-electron chi connectivity index (χ0n) is 8.16. The van der Waals surface area contributed by atoms with Gasteiger partial charge in [0.2, 0.25) is 0 Å². The monoisotopic (exact) mass is 184 g/mol. The van der Waals surface area contributed by atoms with Crippen LogP contribution in [0.5, 0.6) is 0 Å². The summed E-state index contributed by atoms with van der Waals surface area (Å²) in [5, 5.41) is 7.41. The molecule has 1 aromatic heterocycles. The van der Waals surface area contributed by atoms with Gasteiger partial charge in [-0.3, -0.25) is 4.68 Å². The fourth-order valence-electron chi connectivity index (χ4n) is 0.941. The minimum atomic E-state index is 0.705. The SMILES string of the molecule is CCn1cnc(CNCCOC)n1. The van der Waals surface area contributed by atoms with E-state index >= 15 is 0 Å². The van der Waals surface area contributed by atoms with Gasteiger partial charge < -0.3 is 10.1 Å². The van der Waals surface area contributed by atoms with E-state index in [0.717, 1.165) is 18.9 Å². The molecule has 0 aliphatic carbocycles. The summed E-state index contributed by atoms with van der Waals surface area (Å²) in [6.45, 7) is 5.16. The zero-order chi connectivity index (χ0) is 9.52. The third kappa shape index (κ3) is 3.52. The van der Waals surface area contributed by atoms with Crippen molar-refractivity contribution in [2.75, 3.05) is 20.3 Å². The van der Waals surface area contributed by atoms with Crippen molar-refractivity contribution < 1.29 is 4.74 Å². The number of aryl methyl sites for hydroxylation is 1. The van der Waals surface area contributed by atoms with E-state index in [1.807, 2.05) is 11.6 Å². The van der Waals surface area contributed by atoms with Crippen molar-refractivity contribution in [3.63, 3.8) is 0 Å². The molecule has 0 radical (unpaired) electrons. The molecule has 0 saturated carbocycles. The number of nitrogens with zero attached hydrogens (tertiary/aromatic N) is 3. The van der Waals surface area contributed by atoms with E-state index < -0.39 is 0 Å². The van der Waals surface area contributed by atoms with E-state index in [1.165, 1.54) is 0 Å². The maximum Gasteiger partial charge on any atom is 0.164 e. The first kappa shape index (κ1) is 10.1. The molecule has 1 heterocycles. The molecule has 5 nitrogen and oxygen atoms in total. The van der Waals surface area contributed by atoms with Crippen molar-refractivity contribution in [1.29, 1.82) is 0 Å². The highest BCUT2D eigenvalue weighted by atomic mass is 16.5. The van der Waals surface area contributed by atoms with Crippen LogP contribution in [0.4, 0.5) is 0 Å². The van der Waals surface area contributed by atoms with Crippen molar-refractivity contribution in [3.05, 3.63) is 12.2 Å². The van der Waals surface area contributed by atoms with Crippen LogP contribution in [0.3, 0.4) is 0 Å². The fraction of sp³-hybridized carbons (Fsp3) is 0.750. The summed E-state index contributed by atoms with van der Waals surface area (Å²) in [5.41, 5.74) is 0. The lowest BCUT2D eigenvalue weighted by Gasteiger charge is -1.99. The Morgan fingerprint density at radius 3 is 3.08 bits per heavy atom. The third-order valence-corrected chi connectivity index (χ3v) is 1.67. The lowest BCUT2D eigenvalue weighted by atomic mass is 10.5. The highest BCUT2D eigenvalue weighted by Crippen LogP contribution is 1.88. The number of methoxy groups -OCH3 is 1. The molecule has 0 spiro atoms. The minimum absolute atomic E-state index is 0.705. The molecule has 5 heteroatoms. The Hall–Kier alpha value is -0.940. The van der Waals surface area contributed by atoms with Crippen LogP contribution < -0.4 is 5.32 Å². The number of hydrogen-bond acceptors (Lipinski definition) is 4. The molecule has 0 fully saturated rings. The van der Waals surface area contributed by atoms with Gasteiger partial charge in [-0.25, -0.2) is 4.98 Å². The second-order valence-corrected chi connectivity index (χ2v) is 2.69. The van der Waals surface area contributed by atoms with Crippen molar-refractivity contribution in [2.45, 2.75) is 20.0 Å². The van der Waals surface area contributed by atoms with Gasteiger partial charge in [0.1, 0.15) is 6.33 Å². The molecule has 0 aliphatic heterocycles. The zero-order valence-corrected chi connectivity index (χ0v) is 8.16. The molecule has 74 valence electrons. The van der Waals surface area contributed by atoms with Crippen LogP contribution >= 0.6 is 0 Å². The molecule has 1 N–H and O–H groups in total. The van der Waals surface area contributed by atoms with Gasteiger partial charge in [0.05, 0.1) is 13.2 Å². The predicted molar refractivity (Wildman–Crippen MR) is 49.3 cm³/mol. The number of nitrogens with one attached hydrogen (secondary N) is 1. The van der Waals surface area contributed by atoms with Crippen LogP contribution in [0, 0.1) is 0 Å². The van der Waals surface area contributed by atoms with Crippen molar-refractivity contribution in [1.82, 2.24) is 20.1 Å². The molecular weight excluding hydrogens is 168 g/mol. The van der Waals surface area contributed by atoms with Crippen molar-refractivity contribution in [2.24, 2.45) is 0 Å². The average Bonchev–Trinajstić information content (AvgIpc) is 2.60. The maximum absolute atomic E-state index is 4.90.